The number of nitrogens with zero attached hydrogens (tertiary/aromatic N) is 3. The molecule has 2 aromatic heterocycles. The Kier molecular flexibility index (Phi) is 7.47. The van der Waals surface area contributed by atoms with Gasteiger partial charge in [-0.25, -0.2) is 9.78 Å². The summed E-state index contributed by atoms with van der Waals surface area (Å²) in [5, 5.41) is 0. The van der Waals surface area contributed by atoms with Gasteiger partial charge in [0.2, 0.25) is 11.7 Å². The van der Waals surface area contributed by atoms with Crippen LogP contribution < -0.4 is 4.74 Å². The molecule has 2 heterocycles. The first kappa shape index (κ1) is 21.6. The van der Waals surface area contributed by atoms with Crippen LogP contribution in [0.1, 0.15) is 81.3 Å². The predicted octanol–water partition coefficient (Wildman–Crippen LogP) is 4.39. The fourth-order valence-corrected chi connectivity index (χ4v) is 3.81. The normalized spacial score (nSPS) is 19.6. The van der Waals surface area contributed by atoms with E-state index < -0.39 is 5.97 Å². The lowest BCUT2D eigenvalue weighted by atomic mass is 9.81. The van der Waals surface area contributed by atoms with Crippen LogP contribution in [0, 0.1) is 5.92 Å². The van der Waals surface area contributed by atoms with Crippen molar-refractivity contribution in [2.75, 3.05) is 20.3 Å². The molecule has 0 aromatic carbocycles. The smallest absolute Gasteiger partial charge is 0.344 e. The standard InChI is InChI=1S/C22H33N3O4/c1-5-6-11-28-14-16-7-9-17(10-8-16)19-13-25-12-18(21(26)27-4)20(29-15(2)3)24-22(25)23-19/h12-13,15-17H,5-11,14H2,1-4H3. The van der Waals surface area contributed by atoms with Crippen molar-refractivity contribution in [1.29, 1.82) is 0 Å². The van der Waals surface area contributed by atoms with Gasteiger partial charge < -0.3 is 14.2 Å². The molecule has 1 aliphatic rings. The van der Waals surface area contributed by atoms with E-state index in [4.69, 9.17) is 19.2 Å². The zero-order chi connectivity index (χ0) is 20.8. The van der Waals surface area contributed by atoms with Gasteiger partial charge in [0.05, 0.1) is 18.9 Å². The molecular formula is C22H33N3O4. The molecule has 0 unspecified atom stereocenters. The molecule has 7 heteroatoms. The molecule has 1 aliphatic carbocycles. The summed E-state index contributed by atoms with van der Waals surface area (Å²) in [6.45, 7) is 7.72. The molecule has 0 radical (unpaired) electrons. The molecule has 0 aliphatic heterocycles. The van der Waals surface area contributed by atoms with Gasteiger partial charge in [0.1, 0.15) is 5.56 Å². The second-order valence-corrected chi connectivity index (χ2v) is 8.14. The van der Waals surface area contributed by atoms with E-state index in [0.717, 1.165) is 51.0 Å². The largest absolute Gasteiger partial charge is 0.474 e. The Morgan fingerprint density at radius 3 is 2.62 bits per heavy atom. The van der Waals surface area contributed by atoms with Crippen LogP contribution in [0.5, 0.6) is 5.88 Å². The molecule has 29 heavy (non-hydrogen) atoms. The van der Waals surface area contributed by atoms with Gasteiger partial charge in [0, 0.05) is 31.5 Å². The number of methoxy groups -OCH3 is 1. The van der Waals surface area contributed by atoms with Gasteiger partial charge in [-0.2, -0.15) is 4.98 Å². The summed E-state index contributed by atoms with van der Waals surface area (Å²) in [4.78, 5) is 21.4. The Morgan fingerprint density at radius 2 is 1.97 bits per heavy atom. The lowest BCUT2D eigenvalue weighted by Gasteiger charge is -2.27. The van der Waals surface area contributed by atoms with Gasteiger partial charge >= 0.3 is 5.97 Å². The molecule has 0 amide bonds. The number of unbranched alkanes of at least 4 members (excludes halogenated alkanes) is 1. The van der Waals surface area contributed by atoms with E-state index in [1.807, 2.05) is 20.0 Å². The second kappa shape index (κ2) is 10.1. The fourth-order valence-electron chi connectivity index (χ4n) is 3.81. The minimum Gasteiger partial charge on any atom is -0.474 e. The van der Waals surface area contributed by atoms with E-state index in [-0.39, 0.29) is 12.0 Å². The van der Waals surface area contributed by atoms with E-state index in [2.05, 4.69) is 11.9 Å². The minimum absolute atomic E-state index is 0.0994. The maximum Gasteiger partial charge on any atom is 0.344 e. The first-order valence-corrected chi connectivity index (χ1v) is 10.7. The summed E-state index contributed by atoms with van der Waals surface area (Å²) >= 11 is 0. The van der Waals surface area contributed by atoms with E-state index in [9.17, 15) is 4.79 Å². The van der Waals surface area contributed by atoms with Gasteiger partial charge in [-0.05, 0) is 51.9 Å². The van der Waals surface area contributed by atoms with Gasteiger partial charge in [0.25, 0.3) is 0 Å². The highest BCUT2D eigenvalue weighted by atomic mass is 16.5. The van der Waals surface area contributed by atoms with E-state index >= 15 is 0 Å². The van der Waals surface area contributed by atoms with Crippen LogP contribution in [0.4, 0.5) is 0 Å². The van der Waals surface area contributed by atoms with E-state index in [0.29, 0.717) is 23.2 Å². The predicted molar refractivity (Wildman–Crippen MR) is 111 cm³/mol. The number of hydrogen-bond acceptors (Lipinski definition) is 6. The Hall–Kier alpha value is -2.15. The monoisotopic (exact) mass is 403 g/mol. The summed E-state index contributed by atoms with van der Waals surface area (Å²) in [6.07, 6.45) is 10.4. The number of imidazole rings is 1. The highest BCUT2D eigenvalue weighted by Crippen LogP contribution is 2.35. The number of carbonyl (C=O) groups is 1. The summed E-state index contributed by atoms with van der Waals surface area (Å²) in [5.41, 5.74) is 1.34. The van der Waals surface area contributed by atoms with E-state index in [1.54, 1.807) is 10.6 Å². The Bertz CT molecular complexity index is 810. The number of aromatic nitrogens is 3. The zero-order valence-corrected chi connectivity index (χ0v) is 18.0. The number of ether oxygens (including phenoxy) is 3. The molecule has 2 aromatic rings. The van der Waals surface area contributed by atoms with Crippen LogP contribution in [0.25, 0.3) is 5.78 Å². The molecular weight excluding hydrogens is 370 g/mol. The van der Waals surface area contributed by atoms with Crippen molar-refractivity contribution in [1.82, 2.24) is 14.4 Å². The molecule has 0 N–H and O–H groups in total. The number of carbonyl (C=O) groups excluding carboxylic acids is 1. The Labute approximate surface area is 172 Å². The third-order valence-corrected chi connectivity index (χ3v) is 5.44. The molecule has 160 valence electrons. The van der Waals surface area contributed by atoms with Crippen molar-refractivity contribution in [2.24, 2.45) is 5.92 Å². The van der Waals surface area contributed by atoms with Crippen LogP contribution in [0.2, 0.25) is 0 Å². The quantitative estimate of drug-likeness (QED) is 0.456. The fraction of sp³-hybridized carbons (Fsp3) is 0.682. The van der Waals surface area contributed by atoms with E-state index in [1.165, 1.54) is 13.5 Å². The number of hydrogen-bond donors (Lipinski definition) is 0. The van der Waals surface area contributed by atoms with Crippen LogP contribution in [0.15, 0.2) is 12.4 Å². The van der Waals surface area contributed by atoms with Gasteiger partial charge in [-0.15, -0.1) is 0 Å². The lowest BCUT2D eigenvalue weighted by Crippen LogP contribution is -2.18. The third-order valence-electron chi connectivity index (χ3n) is 5.44. The first-order chi connectivity index (χ1) is 14.0. The second-order valence-electron chi connectivity index (χ2n) is 8.14. The molecule has 1 saturated carbocycles. The van der Waals surface area contributed by atoms with Crippen LogP contribution in [-0.2, 0) is 9.47 Å². The Balaban J connectivity index is 1.70. The third kappa shape index (κ3) is 5.47. The van der Waals surface area contributed by atoms with Crippen molar-refractivity contribution in [2.45, 2.75) is 71.3 Å². The first-order valence-electron chi connectivity index (χ1n) is 10.7. The minimum atomic E-state index is -0.464. The molecule has 0 atom stereocenters. The molecule has 0 spiro atoms. The number of fused-ring (bicyclic) bond motifs is 1. The average Bonchev–Trinajstić information content (AvgIpc) is 3.13. The molecule has 0 saturated heterocycles. The maximum atomic E-state index is 12.1. The molecule has 1 fully saturated rings. The molecule has 0 bridgehead atoms. The van der Waals surface area contributed by atoms with Crippen molar-refractivity contribution in [3.8, 4) is 5.88 Å². The summed E-state index contributed by atoms with van der Waals surface area (Å²) in [6, 6.07) is 0. The summed E-state index contributed by atoms with van der Waals surface area (Å²) in [5.74, 6) is 1.42. The summed E-state index contributed by atoms with van der Waals surface area (Å²) < 4.78 is 18.2. The maximum absolute atomic E-state index is 12.1. The van der Waals surface area contributed by atoms with Crippen molar-refractivity contribution in [3.05, 3.63) is 23.7 Å². The molecule has 7 nitrogen and oxygen atoms in total. The lowest BCUT2D eigenvalue weighted by molar-refractivity contribution is 0.0592. The van der Waals surface area contributed by atoms with Crippen molar-refractivity contribution >= 4 is 11.7 Å². The molecule has 3 rings (SSSR count). The van der Waals surface area contributed by atoms with Crippen LogP contribution in [0.3, 0.4) is 0 Å². The van der Waals surface area contributed by atoms with Crippen LogP contribution >= 0.6 is 0 Å². The highest BCUT2D eigenvalue weighted by Gasteiger charge is 2.25. The topological polar surface area (TPSA) is 75.0 Å². The van der Waals surface area contributed by atoms with Crippen molar-refractivity contribution in [3.63, 3.8) is 0 Å². The highest BCUT2D eigenvalue weighted by molar-refractivity contribution is 5.91. The summed E-state index contributed by atoms with van der Waals surface area (Å²) in [7, 11) is 1.36. The SMILES string of the molecule is CCCCOCC1CCC(c2cn3cc(C(=O)OC)c(OC(C)C)nc3n2)CC1. The number of esters is 1. The Morgan fingerprint density at radius 1 is 1.21 bits per heavy atom. The zero-order valence-electron chi connectivity index (χ0n) is 18.0. The van der Waals surface area contributed by atoms with Crippen molar-refractivity contribution < 1.29 is 19.0 Å². The van der Waals surface area contributed by atoms with Gasteiger partial charge in [-0.1, -0.05) is 13.3 Å². The average molecular weight is 404 g/mol. The van der Waals surface area contributed by atoms with Gasteiger partial charge in [0.15, 0.2) is 0 Å². The van der Waals surface area contributed by atoms with Crippen LogP contribution in [-0.4, -0.2) is 46.8 Å². The van der Waals surface area contributed by atoms with Gasteiger partial charge in [-0.3, -0.25) is 4.40 Å². The number of rotatable bonds is 9.